The molecule has 8 bridgehead atoms. The van der Waals surface area contributed by atoms with Crippen LogP contribution in [-0.2, 0) is 54.5 Å². The lowest BCUT2D eigenvalue weighted by molar-refractivity contribution is -0.140. The van der Waals surface area contributed by atoms with Crippen molar-refractivity contribution in [2.24, 2.45) is 0 Å². The number of carboxylic acids is 4. The van der Waals surface area contributed by atoms with Crippen molar-refractivity contribution < 1.29 is 68.1 Å². The molecule has 0 heterocycles. The van der Waals surface area contributed by atoms with Crippen LogP contribution in [0.15, 0.2) is 72.8 Å². The van der Waals surface area contributed by atoms with Gasteiger partial charge in [-0.1, -0.05) is 72.8 Å². The average molecular weight is 771 g/mol. The van der Waals surface area contributed by atoms with E-state index in [9.17, 15) is 39.0 Å². The number of carboxylic acid groups (broad SMARTS) is 4. The molecule has 0 radical (unpaired) electrons. The predicted octanol–water partition coefficient (Wildman–Crippen LogP) is 2.45. The first-order valence-electron chi connectivity index (χ1n) is 17.2. The van der Waals surface area contributed by atoms with Gasteiger partial charge in [0.1, 0.15) is 36.1 Å². The molecule has 0 saturated heterocycles. The second-order valence-corrected chi connectivity index (χ2v) is 12.6. The van der Waals surface area contributed by atoms with E-state index in [0.717, 1.165) is 0 Å². The molecule has 6 N–H and O–H groups in total. The minimum Gasteiger partial charge on any atom is -0.483 e. The van der Waals surface area contributed by atoms with Crippen molar-refractivity contribution in [2.45, 2.75) is 25.7 Å². The van der Waals surface area contributed by atoms with E-state index in [2.05, 4.69) is 10.6 Å². The second kappa shape index (κ2) is 18.8. The molecule has 0 aliphatic heterocycles. The molecule has 0 fully saturated rings. The summed E-state index contributed by atoms with van der Waals surface area (Å²) in [5, 5.41) is 41.8. The fourth-order valence-corrected chi connectivity index (χ4v) is 6.22. The molecule has 1 aliphatic rings. The third kappa shape index (κ3) is 11.0. The Balaban J connectivity index is 1.69. The Morgan fingerprint density at radius 2 is 0.625 bits per heavy atom. The van der Waals surface area contributed by atoms with Gasteiger partial charge in [0.25, 0.3) is 11.8 Å². The Morgan fingerprint density at radius 1 is 0.393 bits per heavy atom. The largest absolute Gasteiger partial charge is 0.483 e. The fraction of sp³-hybridized carbons (Fsp3) is 0.250. The summed E-state index contributed by atoms with van der Waals surface area (Å²) in [5.41, 5.74) is 4.53. The number of aliphatic carboxylic acids is 4. The van der Waals surface area contributed by atoms with Crippen LogP contribution in [0.5, 0.6) is 23.0 Å². The average Bonchev–Trinajstić information content (AvgIpc) is 3.14. The van der Waals surface area contributed by atoms with E-state index < -0.39 is 75.2 Å². The Morgan fingerprint density at radius 3 is 0.839 bits per heavy atom. The van der Waals surface area contributed by atoms with Gasteiger partial charge in [0, 0.05) is 25.7 Å². The Bertz CT molecular complexity index is 1910. The molecule has 16 heteroatoms. The van der Waals surface area contributed by atoms with Crippen molar-refractivity contribution in [3.05, 3.63) is 117 Å². The minimum atomic E-state index is -1.23. The maximum atomic E-state index is 12.6. The molecule has 5 rings (SSSR count). The zero-order valence-corrected chi connectivity index (χ0v) is 29.9. The molecule has 16 nitrogen and oxygen atoms in total. The van der Waals surface area contributed by atoms with E-state index >= 15 is 0 Å². The molecule has 2 amide bonds. The number of carbonyl (C=O) groups excluding carboxylic acids is 2. The van der Waals surface area contributed by atoms with E-state index in [-0.39, 0.29) is 48.7 Å². The first-order valence-corrected chi connectivity index (χ1v) is 17.2. The number of nitrogens with one attached hydrogen (secondary N) is 2. The van der Waals surface area contributed by atoms with Crippen molar-refractivity contribution >= 4 is 35.7 Å². The first-order chi connectivity index (χ1) is 26.9. The van der Waals surface area contributed by atoms with Gasteiger partial charge in [0.15, 0.2) is 26.4 Å². The number of benzene rings is 4. The van der Waals surface area contributed by atoms with Crippen LogP contribution >= 0.6 is 0 Å². The molecule has 0 aromatic heterocycles. The van der Waals surface area contributed by atoms with Crippen LogP contribution in [0.2, 0.25) is 0 Å². The lowest BCUT2D eigenvalue weighted by Gasteiger charge is -2.22. The van der Waals surface area contributed by atoms with Gasteiger partial charge in [-0.2, -0.15) is 0 Å². The van der Waals surface area contributed by atoms with Gasteiger partial charge in [0.2, 0.25) is 0 Å². The van der Waals surface area contributed by atoms with Crippen LogP contribution < -0.4 is 29.6 Å². The van der Waals surface area contributed by atoms with Crippen molar-refractivity contribution in [1.82, 2.24) is 10.6 Å². The van der Waals surface area contributed by atoms with E-state index in [4.69, 9.17) is 29.2 Å². The Kier molecular flexibility index (Phi) is 13.4. The fourth-order valence-electron chi connectivity index (χ4n) is 6.22. The van der Waals surface area contributed by atoms with Crippen LogP contribution in [0.4, 0.5) is 0 Å². The van der Waals surface area contributed by atoms with Crippen molar-refractivity contribution in [3.8, 4) is 23.0 Å². The smallest absolute Gasteiger partial charge is 0.341 e. The highest BCUT2D eigenvalue weighted by Gasteiger charge is 2.23. The number of carbonyl (C=O) groups is 6. The molecule has 0 atom stereocenters. The van der Waals surface area contributed by atoms with Crippen LogP contribution in [-0.4, -0.2) is 95.6 Å². The van der Waals surface area contributed by atoms with Gasteiger partial charge in [-0.15, -0.1) is 0 Å². The topological polar surface area (TPSA) is 244 Å². The zero-order valence-electron chi connectivity index (χ0n) is 29.9. The zero-order chi connectivity index (χ0) is 40.2. The molecule has 0 spiro atoms. The molecular weight excluding hydrogens is 732 g/mol. The summed E-state index contributed by atoms with van der Waals surface area (Å²) in [7, 11) is 0. The van der Waals surface area contributed by atoms with Crippen molar-refractivity contribution in [1.29, 1.82) is 0 Å². The van der Waals surface area contributed by atoms with Gasteiger partial charge in [-0.05, 0) is 44.5 Å². The number of fused-ring (bicyclic) bond motifs is 8. The van der Waals surface area contributed by atoms with Crippen molar-refractivity contribution in [3.63, 3.8) is 0 Å². The maximum absolute atomic E-state index is 12.6. The van der Waals surface area contributed by atoms with Gasteiger partial charge < -0.3 is 50.0 Å². The van der Waals surface area contributed by atoms with Crippen LogP contribution in [0.25, 0.3) is 0 Å². The lowest BCUT2D eigenvalue weighted by atomic mass is 9.91. The summed E-state index contributed by atoms with van der Waals surface area (Å²) in [6, 6.07) is 21.1. The number of hydrogen-bond donors (Lipinski definition) is 6. The van der Waals surface area contributed by atoms with Gasteiger partial charge >= 0.3 is 23.9 Å². The van der Waals surface area contributed by atoms with Gasteiger partial charge in [-0.3, -0.25) is 19.2 Å². The maximum Gasteiger partial charge on any atom is 0.341 e. The van der Waals surface area contributed by atoms with E-state index in [0.29, 0.717) is 44.5 Å². The number of amides is 2. The number of hydrogen-bond acceptors (Lipinski definition) is 10. The van der Waals surface area contributed by atoms with Crippen molar-refractivity contribution in [2.75, 3.05) is 39.5 Å². The molecule has 1 aliphatic carbocycles. The van der Waals surface area contributed by atoms with E-state index in [1.165, 1.54) is 0 Å². The van der Waals surface area contributed by atoms with Crippen LogP contribution in [0.3, 0.4) is 0 Å². The summed E-state index contributed by atoms with van der Waals surface area (Å²) >= 11 is 0. The number of ether oxygens (including phenoxy) is 4. The highest BCUT2D eigenvalue weighted by molar-refractivity contribution is 5.83. The molecule has 0 saturated carbocycles. The Labute approximate surface area is 319 Å². The highest BCUT2D eigenvalue weighted by atomic mass is 16.5. The lowest BCUT2D eigenvalue weighted by Crippen LogP contribution is -2.33. The normalized spacial score (nSPS) is 11.7. The molecule has 0 unspecified atom stereocenters. The van der Waals surface area contributed by atoms with E-state index in [1.807, 2.05) is 0 Å². The van der Waals surface area contributed by atoms with E-state index in [1.54, 1.807) is 72.8 Å². The molecular formula is C40H38N2O14. The van der Waals surface area contributed by atoms with Crippen LogP contribution in [0, 0.1) is 0 Å². The SMILES string of the molecule is O=C(O)CNC(=O)COc1c2cccc1Cc1cccc(c1OCC(=O)O)Cc1cccc(c1OCC(=O)NCC(=O)O)Cc1cccc(c1OCC(=O)O)C2. The first kappa shape index (κ1) is 40.1. The predicted molar refractivity (Wildman–Crippen MR) is 196 cm³/mol. The quantitative estimate of drug-likeness (QED) is 0.0845. The highest BCUT2D eigenvalue weighted by Crippen LogP contribution is 2.38. The minimum absolute atomic E-state index is 0.123. The summed E-state index contributed by atoms with van der Waals surface area (Å²) in [6.07, 6.45) is 0.493. The molecule has 4 aromatic carbocycles. The van der Waals surface area contributed by atoms with Gasteiger partial charge in [0.05, 0.1) is 0 Å². The summed E-state index contributed by atoms with van der Waals surface area (Å²) in [4.78, 5) is 70.9. The molecule has 4 aromatic rings. The summed E-state index contributed by atoms with van der Waals surface area (Å²) < 4.78 is 24.0. The monoisotopic (exact) mass is 770 g/mol. The van der Waals surface area contributed by atoms with Crippen LogP contribution in [0.1, 0.15) is 44.5 Å². The number of rotatable bonds is 16. The Hall–Kier alpha value is -7.10. The third-order valence-corrected chi connectivity index (χ3v) is 8.48. The summed E-state index contributed by atoms with van der Waals surface area (Å²) in [6.45, 7) is -3.63. The molecule has 292 valence electrons. The summed E-state index contributed by atoms with van der Waals surface area (Å²) in [5.74, 6) is -5.17. The van der Waals surface area contributed by atoms with Gasteiger partial charge in [-0.25, -0.2) is 9.59 Å². The third-order valence-electron chi connectivity index (χ3n) is 8.48. The standard InChI is InChI=1S/C40H38N2O14/c43-31(41-17-33(45)46)19-53-37-23-5-1-6-24(37)14-28-10-4-12-30(40(28)56-22-36(51)52)16-26-8-2-7-25(38(26)54-20-32(44)42-18-34(47)48)15-29-11-3-9-27(13-23)39(29)55-21-35(49)50/h1-12H,13-22H2,(H,41,43)(H,42,44)(H,45,46)(H,47,48)(H,49,50)(H,51,52). The second-order valence-electron chi connectivity index (χ2n) is 12.6. The number of para-hydroxylation sites is 4. The molecule has 56 heavy (non-hydrogen) atoms.